The van der Waals surface area contributed by atoms with Crippen molar-refractivity contribution >= 4 is 53.7 Å². The molecule has 2 rings (SSSR count). The Labute approximate surface area is 139 Å². The lowest BCUT2D eigenvalue weighted by Gasteiger charge is -2.13. The van der Waals surface area contributed by atoms with Gasteiger partial charge in [0.2, 0.25) is 21.8 Å². The molecule has 6 nitrogen and oxygen atoms in total. The van der Waals surface area contributed by atoms with Crippen LogP contribution in [-0.2, 0) is 19.6 Å². The number of carbonyl (C=O) groups is 2. The van der Waals surface area contributed by atoms with Crippen LogP contribution < -0.4 is 4.72 Å². The third-order valence-electron chi connectivity index (χ3n) is 3.18. The number of aryl methyl sites for hydroxylation is 1. The Bertz CT molecular complexity index is 733. The molecule has 114 valence electrons. The molecule has 1 heterocycles. The fraction of sp³-hybridized carbons (Fsp3) is 0.333. The fourth-order valence-corrected chi connectivity index (χ4v) is 4.80. The Morgan fingerprint density at radius 3 is 2.38 bits per heavy atom. The van der Waals surface area contributed by atoms with E-state index < -0.39 is 27.9 Å². The van der Waals surface area contributed by atoms with E-state index in [9.17, 15) is 18.0 Å². The van der Waals surface area contributed by atoms with Gasteiger partial charge < -0.3 is 0 Å². The minimum Gasteiger partial charge on any atom is -0.284 e. The van der Waals surface area contributed by atoms with E-state index in [0.717, 1.165) is 10.5 Å². The van der Waals surface area contributed by atoms with Gasteiger partial charge in [-0.15, -0.1) is 0 Å². The highest BCUT2D eigenvalue weighted by Gasteiger charge is 2.39. The Kier molecular flexibility index (Phi) is 4.57. The van der Waals surface area contributed by atoms with Crippen molar-refractivity contribution in [1.29, 1.82) is 0 Å². The van der Waals surface area contributed by atoms with Crippen LogP contribution in [0.25, 0.3) is 0 Å². The molecule has 1 N–H and O–H groups in total. The Morgan fingerprint density at radius 1 is 1.24 bits per heavy atom. The van der Waals surface area contributed by atoms with Crippen LogP contribution in [0.2, 0.25) is 0 Å². The number of imide groups is 1. The highest BCUT2D eigenvalue weighted by Crippen LogP contribution is 2.29. The Balaban J connectivity index is 2.34. The number of amides is 2. The molecule has 1 aromatic rings. The highest BCUT2D eigenvalue weighted by molar-refractivity contribution is 9.11. The molecular weight excluding hydrogens is 428 g/mol. The highest BCUT2D eigenvalue weighted by atomic mass is 79.9. The average molecular weight is 440 g/mol. The van der Waals surface area contributed by atoms with Gasteiger partial charge in [0, 0.05) is 16.0 Å². The SMILES string of the molecule is Cc1cc(Br)c(S(=O)(=O)NC2CC(=O)N(C)C2=O)cc1Br. The molecule has 0 bridgehead atoms. The van der Waals surface area contributed by atoms with E-state index in [-0.39, 0.29) is 11.3 Å². The molecule has 1 aliphatic heterocycles. The zero-order chi connectivity index (χ0) is 15.9. The van der Waals surface area contributed by atoms with E-state index in [0.29, 0.717) is 8.95 Å². The van der Waals surface area contributed by atoms with Crippen LogP contribution in [0, 0.1) is 6.92 Å². The lowest BCUT2D eigenvalue weighted by Crippen LogP contribution is -2.40. The summed E-state index contributed by atoms with van der Waals surface area (Å²) in [5, 5.41) is 0. The molecule has 1 aliphatic rings. The first kappa shape index (κ1) is 16.6. The number of hydrogen-bond donors (Lipinski definition) is 1. The largest absolute Gasteiger partial charge is 0.284 e. The lowest BCUT2D eigenvalue weighted by molar-refractivity contribution is -0.137. The number of likely N-dealkylation sites (N-methyl/N-ethyl adjacent to an activating group) is 1. The van der Waals surface area contributed by atoms with Gasteiger partial charge in [0.15, 0.2) is 0 Å². The fourth-order valence-electron chi connectivity index (χ4n) is 1.93. The van der Waals surface area contributed by atoms with Gasteiger partial charge in [0.1, 0.15) is 6.04 Å². The number of nitrogens with one attached hydrogen (secondary N) is 1. The second-order valence-electron chi connectivity index (χ2n) is 4.70. The topological polar surface area (TPSA) is 83.6 Å². The van der Waals surface area contributed by atoms with Gasteiger partial charge in [-0.1, -0.05) is 15.9 Å². The normalized spacial score (nSPS) is 19.4. The van der Waals surface area contributed by atoms with Crippen molar-refractivity contribution in [3.8, 4) is 0 Å². The van der Waals surface area contributed by atoms with Crippen molar-refractivity contribution in [3.05, 3.63) is 26.6 Å². The molecule has 1 saturated heterocycles. The number of halogens is 2. The summed E-state index contributed by atoms with van der Waals surface area (Å²) in [4.78, 5) is 24.2. The summed E-state index contributed by atoms with van der Waals surface area (Å²) in [7, 11) is -2.59. The summed E-state index contributed by atoms with van der Waals surface area (Å²) in [6, 6.07) is 2.05. The number of carbonyl (C=O) groups excluding carboxylic acids is 2. The van der Waals surface area contributed by atoms with E-state index in [4.69, 9.17) is 0 Å². The minimum absolute atomic E-state index is 0.00905. The zero-order valence-corrected chi connectivity index (χ0v) is 15.2. The summed E-state index contributed by atoms with van der Waals surface area (Å²) in [5.41, 5.74) is 0.868. The van der Waals surface area contributed by atoms with Gasteiger partial charge in [0.05, 0.1) is 11.3 Å². The average Bonchev–Trinajstić information content (AvgIpc) is 2.61. The lowest BCUT2D eigenvalue weighted by atomic mass is 10.2. The van der Waals surface area contributed by atoms with Crippen molar-refractivity contribution in [2.24, 2.45) is 0 Å². The van der Waals surface area contributed by atoms with Gasteiger partial charge in [-0.2, -0.15) is 4.72 Å². The predicted octanol–water partition coefficient (Wildman–Crippen LogP) is 1.56. The van der Waals surface area contributed by atoms with E-state index in [1.807, 2.05) is 6.92 Å². The number of likely N-dealkylation sites (tertiary alicyclic amines) is 1. The van der Waals surface area contributed by atoms with E-state index in [1.54, 1.807) is 6.07 Å². The van der Waals surface area contributed by atoms with Gasteiger partial charge in [0.25, 0.3) is 0 Å². The quantitative estimate of drug-likeness (QED) is 0.724. The third-order valence-corrected chi connectivity index (χ3v) is 6.47. The predicted molar refractivity (Wildman–Crippen MR) is 83.1 cm³/mol. The first-order valence-corrected chi connectivity index (χ1v) is 8.99. The molecule has 21 heavy (non-hydrogen) atoms. The second-order valence-corrected chi connectivity index (χ2v) is 8.09. The first-order chi connectivity index (χ1) is 9.63. The summed E-state index contributed by atoms with van der Waals surface area (Å²) >= 11 is 6.48. The smallest absolute Gasteiger partial charge is 0.247 e. The number of nitrogens with zero attached hydrogens (tertiary/aromatic N) is 1. The van der Waals surface area contributed by atoms with Crippen LogP contribution in [0.1, 0.15) is 12.0 Å². The summed E-state index contributed by atoms with van der Waals surface area (Å²) in [6.07, 6.45) is -0.167. The number of benzene rings is 1. The van der Waals surface area contributed by atoms with Crippen molar-refractivity contribution in [2.75, 3.05) is 7.05 Å². The minimum atomic E-state index is -3.92. The molecule has 1 fully saturated rings. The maximum absolute atomic E-state index is 12.4. The maximum atomic E-state index is 12.4. The molecule has 0 aromatic heterocycles. The van der Waals surface area contributed by atoms with Crippen molar-refractivity contribution in [1.82, 2.24) is 9.62 Å². The van der Waals surface area contributed by atoms with Crippen molar-refractivity contribution in [2.45, 2.75) is 24.3 Å². The van der Waals surface area contributed by atoms with Gasteiger partial charge in [-0.25, -0.2) is 8.42 Å². The standard InChI is InChI=1S/C12H12Br2N2O4S/c1-6-3-8(14)10(4-7(6)13)21(19,20)15-9-5-11(17)16(2)12(9)18/h3-4,9,15H,5H2,1-2H3. The van der Waals surface area contributed by atoms with Gasteiger partial charge in [-0.05, 0) is 40.5 Å². The molecule has 2 amide bonds. The second kappa shape index (κ2) is 5.79. The van der Waals surface area contributed by atoms with Crippen LogP contribution in [-0.4, -0.2) is 38.2 Å². The zero-order valence-electron chi connectivity index (χ0n) is 11.2. The monoisotopic (exact) mass is 438 g/mol. The molecular formula is C12H12Br2N2O4S. The van der Waals surface area contributed by atoms with Crippen LogP contribution in [0.5, 0.6) is 0 Å². The Morgan fingerprint density at radius 2 is 1.86 bits per heavy atom. The summed E-state index contributed by atoms with van der Waals surface area (Å²) in [5.74, 6) is -0.956. The van der Waals surface area contributed by atoms with Crippen LogP contribution in [0.3, 0.4) is 0 Å². The van der Waals surface area contributed by atoms with Gasteiger partial charge in [-0.3, -0.25) is 14.5 Å². The van der Waals surface area contributed by atoms with Gasteiger partial charge >= 0.3 is 0 Å². The van der Waals surface area contributed by atoms with E-state index >= 15 is 0 Å². The van der Waals surface area contributed by atoms with E-state index in [1.165, 1.54) is 13.1 Å². The number of hydrogen-bond acceptors (Lipinski definition) is 4. The van der Waals surface area contributed by atoms with Crippen LogP contribution >= 0.6 is 31.9 Å². The molecule has 0 saturated carbocycles. The molecule has 9 heteroatoms. The summed E-state index contributed by atoms with van der Waals surface area (Å²) in [6.45, 7) is 1.83. The molecule has 0 aliphatic carbocycles. The first-order valence-electron chi connectivity index (χ1n) is 5.92. The molecule has 1 aromatic carbocycles. The molecule has 1 atom stereocenters. The number of sulfonamides is 1. The Hall–Kier alpha value is -0.770. The number of rotatable bonds is 3. The van der Waals surface area contributed by atoms with Crippen molar-refractivity contribution in [3.63, 3.8) is 0 Å². The van der Waals surface area contributed by atoms with Crippen LogP contribution in [0.4, 0.5) is 0 Å². The third kappa shape index (κ3) is 3.20. The van der Waals surface area contributed by atoms with Crippen molar-refractivity contribution < 1.29 is 18.0 Å². The summed E-state index contributed by atoms with van der Waals surface area (Å²) < 4.78 is 28.1. The van der Waals surface area contributed by atoms with Crippen LogP contribution in [0.15, 0.2) is 26.0 Å². The maximum Gasteiger partial charge on any atom is 0.247 e. The molecule has 0 spiro atoms. The molecule has 1 unspecified atom stereocenters. The molecule has 0 radical (unpaired) electrons. The van der Waals surface area contributed by atoms with E-state index in [2.05, 4.69) is 36.6 Å².